The van der Waals surface area contributed by atoms with Crippen LogP contribution in [0.3, 0.4) is 0 Å². The van der Waals surface area contributed by atoms with E-state index in [1.165, 1.54) is 84.9 Å². The van der Waals surface area contributed by atoms with E-state index in [-0.39, 0.29) is 5.92 Å². The Morgan fingerprint density at radius 2 is 1.12 bits per heavy atom. The lowest BCUT2D eigenvalue weighted by molar-refractivity contribution is 1.02. The lowest BCUT2D eigenvalue weighted by Gasteiger charge is -2.16. The number of pyridine rings is 2. The van der Waals surface area contributed by atoms with Crippen LogP contribution in [0.2, 0.25) is 0 Å². The molecule has 0 N–H and O–H groups in total. The Bertz CT molecular complexity index is 3400. The fourth-order valence-electron chi connectivity index (χ4n) is 9.30. The number of hydrogen-bond donors (Lipinski definition) is 0. The molecule has 4 aromatic heterocycles. The number of rotatable bonds is 5. The van der Waals surface area contributed by atoms with Gasteiger partial charge in [0, 0.05) is 70.6 Å². The van der Waals surface area contributed by atoms with Crippen molar-refractivity contribution in [2.24, 2.45) is 0 Å². The molecule has 4 heteroatoms. The van der Waals surface area contributed by atoms with Crippen LogP contribution in [-0.4, -0.2) is 9.97 Å². The van der Waals surface area contributed by atoms with E-state index in [1.807, 2.05) is 35.1 Å². The first-order chi connectivity index (χ1) is 28.7. The average Bonchev–Trinajstić information content (AvgIpc) is 3.95. The zero-order valence-electron chi connectivity index (χ0n) is 31.6. The molecule has 0 aliphatic heterocycles. The van der Waals surface area contributed by atoms with Crippen LogP contribution in [0, 0.1) is 6.92 Å². The van der Waals surface area contributed by atoms with E-state index in [9.17, 15) is 0 Å². The predicted molar refractivity (Wildman–Crippen MR) is 247 cm³/mol. The molecule has 7 aromatic carbocycles. The highest BCUT2D eigenvalue weighted by Gasteiger charge is 2.31. The number of thiophene rings is 2. The van der Waals surface area contributed by atoms with Crippen molar-refractivity contribution in [3.05, 3.63) is 205 Å². The maximum Gasteiger partial charge on any atom is 0.0744 e. The molecule has 1 aliphatic rings. The molecule has 12 rings (SSSR count). The Balaban J connectivity index is 0.979. The first kappa shape index (κ1) is 33.4. The molecule has 0 fully saturated rings. The molecule has 0 spiro atoms. The minimum atomic E-state index is 0.160. The number of aromatic nitrogens is 2. The Morgan fingerprint density at radius 1 is 0.431 bits per heavy atom. The predicted octanol–water partition coefficient (Wildman–Crippen LogP) is 15.3. The van der Waals surface area contributed by atoms with E-state index in [2.05, 4.69) is 177 Å². The molecule has 58 heavy (non-hydrogen) atoms. The largest absolute Gasteiger partial charge is 0.263 e. The van der Waals surface area contributed by atoms with Gasteiger partial charge in [-0.25, -0.2) is 4.98 Å². The van der Waals surface area contributed by atoms with Gasteiger partial charge in [0.05, 0.1) is 16.1 Å². The maximum absolute atomic E-state index is 5.28. The normalized spacial score (nSPS) is 13.4. The molecule has 1 unspecified atom stereocenters. The van der Waals surface area contributed by atoms with Crippen LogP contribution in [0.15, 0.2) is 182 Å². The monoisotopic (exact) mass is 774 g/mol. The van der Waals surface area contributed by atoms with Crippen LogP contribution in [-0.2, 0) is 0 Å². The Hall–Kier alpha value is -6.72. The second-order valence-corrected chi connectivity index (χ2v) is 17.5. The van der Waals surface area contributed by atoms with Gasteiger partial charge < -0.3 is 0 Å². The van der Waals surface area contributed by atoms with Crippen molar-refractivity contribution in [2.75, 3.05) is 0 Å². The molecule has 272 valence electrons. The highest BCUT2D eigenvalue weighted by atomic mass is 32.1. The van der Waals surface area contributed by atoms with Gasteiger partial charge in [-0.15, -0.1) is 22.7 Å². The lowest BCUT2D eigenvalue weighted by atomic mass is 9.88. The van der Waals surface area contributed by atoms with Crippen LogP contribution in [0.1, 0.15) is 28.2 Å². The zero-order valence-corrected chi connectivity index (χ0v) is 33.2. The molecule has 0 amide bonds. The van der Waals surface area contributed by atoms with Gasteiger partial charge in [0.2, 0.25) is 0 Å². The van der Waals surface area contributed by atoms with E-state index < -0.39 is 0 Å². The van der Waals surface area contributed by atoms with Gasteiger partial charge in [0.25, 0.3) is 0 Å². The minimum absolute atomic E-state index is 0.160. The summed E-state index contributed by atoms with van der Waals surface area (Å²) in [5.74, 6) is 0.160. The van der Waals surface area contributed by atoms with E-state index in [4.69, 9.17) is 9.97 Å². The number of fused-ring (bicyclic) bond motifs is 9. The first-order valence-electron chi connectivity index (χ1n) is 19.7. The van der Waals surface area contributed by atoms with Crippen LogP contribution in [0.25, 0.3) is 96.2 Å². The van der Waals surface area contributed by atoms with E-state index in [0.29, 0.717) is 0 Å². The van der Waals surface area contributed by atoms with Crippen molar-refractivity contribution in [1.82, 2.24) is 9.97 Å². The molecule has 4 heterocycles. The smallest absolute Gasteiger partial charge is 0.0744 e. The third kappa shape index (κ3) is 5.22. The topological polar surface area (TPSA) is 25.8 Å². The minimum Gasteiger partial charge on any atom is -0.263 e. The van der Waals surface area contributed by atoms with Crippen molar-refractivity contribution in [3.63, 3.8) is 0 Å². The summed E-state index contributed by atoms with van der Waals surface area (Å²) in [6, 6.07) is 62.2. The highest BCUT2D eigenvalue weighted by Crippen LogP contribution is 2.52. The summed E-state index contributed by atoms with van der Waals surface area (Å²) >= 11 is 3.73. The summed E-state index contributed by atoms with van der Waals surface area (Å²) in [5, 5.41) is 5.25. The molecule has 0 saturated carbocycles. The van der Waals surface area contributed by atoms with Crippen molar-refractivity contribution < 1.29 is 0 Å². The van der Waals surface area contributed by atoms with Gasteiger partial charge in [0.1, 0.15) is 0 Å². The Labute approximate surface area is 344 Å². The molecule has 11 aromatic rings. The van der Waals surface area contributed by atoms with Gasteiger partial charge in [-0.05, 0) is 93.4 Å². The fourth-order valence-corrected chi connectivity index (χ4v) is 11.5. The number of nitrogens with zero attached hydrogens (tertiary/aromatic N) is 2. The molecule has 2 nitrogen and oxygen atoms in total. The molecular formula is C54H34N2S2. The molecular weight excluding hydrogens is 741 g/mol. The van der Waals surface area contributed by atoms with E-state index in [0.717, 1.165) is 33.6 Å². The summed E-state index contributed by atoms with van der Waals surface area (Å²) in [7, 11) is 0. The molecule has 1 atom stereocenters. The van der Waals surface area contributed by atoms with Gasteiger partial charge in [0.15, 0.2) is 0 Å². The van der Waals surface area contributed by atoms with Crippen LogP contribution in [0.5, 0.6) is 0 Å². The Morgan fingerprint density at radius 3 is 1.97 bits per heavy atom. The molecule has 1 aliphatic carbocycles. The number of benzene rings is 7. The highest BCUT2D eigenvalue weighted by molar-refractivity contribution is 7.26. The SMILES string of the molecule is Cc1c(-c2ccccc2)cc(-c2ccccc2)nc1-c1ccc(-c2cncc3sc4ccc(C5c6ccccc6-c6cc7c(cc65)sc5ccccc57)cc4c23)cc1. The van der Waals surface area contributed by atoms with Gasteiger partial charge in [-0.3, -0.25) is 4.98 Å². The summed E-state index contributed by atoms with van der Waals surface area (Å²) in [4.78, 5) is 10.1. The summed E-state index contributed by atoms with van der Waals surface area (Å²) < 4.78 is 5.18. The van der Waals surface area contributed by atoms with Gasteiger partial charge >= 0.3 is 0 Å². The maximum atomic E-state index is 5.28. The molecule has 0 saturated heterocycles. The third-order valence-electron chi connectivity index (χ3n) is 12.1. The van der Waals surface area contributed by atoms with Gasteiger partial charge in [-0.2, -0.15) is 0 Å². The first-order valence-corrected chi connectivity index (χ1v) is 21.4. The van der Waals surface area contributed by atoms with Crippen molar-refractivity contribution in [3.8, 4) is 55.9 Å². The van der Waals surface area contributed by atoms with Crippen molar-refractivity contribution in [1.29, 1.82) is 0 Å². The van der Waals surface area contributed by atoms with Crippen LogP contribution in [0.4, 0.5) is 0 Å². The third-order valence-corrected chi connectivity index (χ3v) is 14.3. The second kappa shape index (κ2) is 13.2. The standard InChI is InChI=1S/C54H34N2S2/c1-32-41(33-12-4-2-5-13-33)28-47(35-14-6-3-7-15-35)56-54(32)36-22-20-34(21-23-36)46-30-55-31-51-53(46)45-26-37(24-25-49(45)58-51)52-40-18-9-8-16-38(40)42-27-43-39-17-10-11-19-48(39)57-50(43)29-44(42)52/h2-31,52H,1H3. The Kier molecular flexibility index (Phi) is 7.59. The lowest BCUT2D eigenvalue weighted by Crippen LogP contribution is -1.99. The zero-order chi connectivity index (χ0) is 38.3. The summed E-state index contributed by atoms with van der Waals surface area (Å²) in [6.45, 7) is 2.19. The second-order valence-electron chi connectivity index (χ2n) is 15.3. The average molecular weight is 775 g/mol. The quantitative estimate of drug-likeness (QED) is 0.174. The molecule has 0 radical (unpaired) electrons. The van der Waals surface area contributed by atoms with Crippen LogP contribution < -0.4 is 0 Å². The van der Waals surface area contributed by atoms with Crippen LogP contribution >= 0.6 is 22.7 Å². The summed E-state index contributed by atoms with van der Waals surface area (Å²) in [6.07, 6.45) is 4.07. The van der Waals surface area contributed by atoms with Crippen molar-refractivity contribution in [2.45, 2.75) is 12.8 Å². The van der Waals surface area contributed by atoms with Crippen molar-refractivity contribution >= 4 is 63.0 Å². The fraction of sp³-hybridized carbons (Fsp3) is 0.0370. The van der Waals surface area contributed by atoms with Gasteiger partial charge in [-0.1, -0.05) is 133 Å². The molecule has 0 bridgehead atoms. The number of hydrogen-bond acceptors (Lipinski definition) is 4. The summed E-state index contributed by atoms with van der Waals surface area (Å²) in [5.41, 5.74) is 16.8. The van der Waals surface area contributed by atoms with E-state index in [1.54, 1.807) is 0 Å². The van der Waals surface area contributed by atoms with E-state index >= 15 is 0 Å².